The monoisotopic (exact) mass is 518 g/mol. The molecule has 4 heterocycles. The van der Waals surface area contributed by atoms with Gasteiger partial charge >= 0.3 is 0 Å². The van der Waals surface area contributed by atoms with E-state index in [9.17, 15) is 14.4 Å². The Labute approximate surface area is 217 Å². The summed E-state index contributed by atoms with van der Waals surface area (Å²) in [6.07, 6.45) is 5.23. The van der Waals surface area contributed by atoms with Crippen LogP contribution in [-0.4, -0.2) is 81.4 Å². The van der Waals surface area contributed by atoms with Crippen molar-refractivity contribution in [1.29, 1.82) is 0 Å². The van der Waals surface area contributed by atoms with E-state index in [2.05, 4.69) is 30.9 Å². The fraction of sp³-hybridized carbons (Fsp3) is 0.346. The van der Waals surface area contributed by atoms with E-state index in [1.165, 1.54) is 12.1 Å². The molecule has 6 rings (SSSR count). The zero-order valence-corrected chi connectivity index (χ0v) is 20.8. The summed E-state index contributed by atoms with van der Waals surface area (Å²) in [5.41, 5.74) is 1.80. The van der Waals surface area contributed by atoms with Gasteiger partial charge in [-0.2, -0.15) is 9.61 Å². The van der Waals surface area contributed by atoms with Crippen LogP contribution in [-0.2, 0) is 9.59 Å². The zero-order valence-electron chi connectivity index (χ0n) is 20.8. The van der Waals surface area contributed by atoms with Crippen molar-refractivity contribution >= 4 is 46.8 Å². The van der Waals surface area contributed by atoms with Gasteiger partial charge in [-0.25, -0.2) is 9.37 Å². The van der Waals surface area contributed by atoms with Crippen molar-refractivity contribution in [2.75, 3.05) is 43.9 Å². The van der Waals surface area contributed by atoms with Crippen molar-refractivity contribution in [3.63, 3.8) is 0 Å². The van der Waals surface area contributed by atoms with E-state index in [4.69, 9.17) is 0 Å². The van der Waals surface area contributed by atoms with Gasteiger partial charge in [0.25, 0.3) is 11.8 Å². The molecular weight excluding hydrogens is 491 g/mol. The van der Waals surface area contributed by atoms with Crippen LogP contribution in [0.3, 0.4) is 0 Å². The maximum atomic E-state index is 15.1. The number of benzene rings is 1. The Bertz CT molecular complexity index is 1490. The van der Waals surface area contributed by atoms with Gasteiger partial charge in [0.2, 0.25) is 5.91 Å². The molecule has 1 aromatic carbocycles. The first-order valence-electron chi connectivity index (χ1n) is 12.6. The fourth-order valence-electron chi connectivity index (χ4n) is 4.57. The summed E-state index contributed by atoms with van der Waals surface area (Å²) in [7, 11) is 2.01. The number of likely N-dealkylation sites (N-methyl/N-ethyl adjacent to an activating group) is 1. The maximum absolute atomic E-state index is 15.1. The number of anilines is 3. The smallest absolute Gasteiger partial charge is 0.254 e. The molecule has 11 nitrogen and oxygen atoms in total. The predicted octanol–water partition coefficient (Wildman–Crippen LogP) is 2.00. The number of hydrogen-bond acceptors (Lipinski definition) is 8. The second-order valence-electron chi connectivity index (χ2n) is 9.92. The molecule has 0 bridgehead atoms. The van der Waals surface area contributed by atoms with Gasteiger partial charge in [0.05, 0.1) is 18.3 Å². The lowest BCUT2D eigenvalue weighted by Crippen LogP contribution is -2.47. The highest BCUT2D eigenvalue weighted by Crippen LogP contribution is 2.29. The van der Waals surface area contributed by atoms with Crippen LogP contribution in [0.4, 0.5) is 21.7 Å². The molecule has 2 saturated heterocycles. The van der Waals surface area contributed by atoms with Gasteiger partial charge in [0, 0.05) is 55.0 Å². The molecule has 38 heavy (non-hydrogen) atoms. The van der Waals surface area contributed by atoms with Gasteiger partial charge in [-0.15, -0.1) is 0 Å². The van der Waals surface area contributed by atoms with Crippen molar-refractivity contribution in [3.8, 4) is 0 Å². The minimum atomic E-state index is -0.569. The van der Waals surface area contributed by atoms with Crippen LogP contribution in [0.1, 0.15) is 35.2 Å². The van der Waals surface area contributed by atoms with Gasteiger partial charge in [-0.1, -0.05) is 0 Å². The number of imide groups is 1. The summed E-state index contributed by atoms with van der Waals surface area (Å²) in [4.78, 5) is 45.0. The lowest BCUT2D eigenvalue weighted by Gasteiger charge is -2.32. The zero-order chi connectivity index (χ0) is 26.4. The number of carbonyl (C=O) groups is 3. The number of amides is 3. The van der Waals surface area contributed by atoms with E-state index in [0.29, 0.717) is 53.1 Å². The van der Waals surface area contributed by atoms with E-state index >= 15 is 4.39 Å². The Kier molecular flexibility index (Phi) is 6.03. The lowest BCUT2D eigenvalue weighted by atomic mass is 10.1. The Morgan fingerprint density at radius 3 is 2.63 bits per heavy atom. The first-order chi connectivity index (χ1) is 18.3. The predicted molar refractivity (Wildman–Crippen MR) is 138 cm³/mol. The molecule has 1 aliphatic carbocycles. The highest BCUT2D eigenvalue weighted by molar-refractivity contribution is 6.15. The molecule has 196 valence electrons. The lowest BCUT2D eigenvalue weighted by molar-refractivity contribution is -0.124. The standard InChI is InChI=1S/C26H27FN8O3/c1-33-6-8-34(9-7-33)26(38)15-2-5-20(19(27)11-15)30-21-13-22(29-18-3-4-18)35-24(31-21)17(14-28-35)10-16-12-23(36)32-25(16)37/h2,5,10-11,13-14,18,29H,3-4,6-9,12H2,1H3,(H,30,31)(H,32,36,37)/b16-10+. The van der Waals surface area contributed by atoms with Crippen LogP contribution in [0.15, 0.2) is 36.0 Å². The third-order valence-electron chi connectivity index (χ3n) is 6.92. The van der Waals surface area contributed by atoms with Crippen LogP contribution < -0.4 is 16.0 Å². The average molecular weight is 519 g/mol. The largest absolute Gasteiger partial charge is 0.367 e. The quantitative estimate of drug-likeness (QED) is 0.335. The molecule has 3 amide bonds. The van der Waals surface area contributed by atoms with Crippen LogP contribution in [0.5, 0.6) is 0 Å². The van der Waals surface area contributed by atoms with Crippen molar-refractivity contribution in [1.82, 2.24) is 29.7 Å². The van der Waals surface area contributed by atoms with Crippen molar-refractivity contribution < 1.29 is 18.8 Å². The topological polar surface area (TPSA) is 124 Å². The van der Waals surface area contributed by atoms with Crippen molar-refractivity contribution in [3.05, 3.63) is 53.0 Å². The number of aromatic nitrogens is 3. The second-order valence-corrected chi connectivity index (χ2v) is 9.92. The normalized spacial score (nSPS) is 19.3. The molecule has 2 aliphatic heterocycles. The maximum Gasteiger partial charge on any atom is 0.254 e. The number of hydrogen-bond donors (Lipinski definition) is 3. The van der Waals surface area contributed by atoms with Crippen LogP contribution in [0.25, 0.3) is 11.7 Å². The van der Waals surface area contributed by atoms with Gasteiger partial charge < -0.3 is 20.4 Å². The summed E-state index contributed by atoms with van der Waals surface area (Å²) < 4.78 is 16.8. The van der Waals surface area contributed by atoms with E-state index in [1.54, 1.807) is 33.8 Å². The minimum Gasteiger partial charge on any atom is -0.367 e. The second kappa shape index (κ2) is 9.53. The summed E-state index contributed by atoms with van der Waals surface area (Å²) in [6.45, 7) is 2.79. The Hall–Kier alpha value is -4.32. The van der Waals surface area contributed by atoms with E-state index < -0.39 is 11.7 Å². The first kappa shape index (κ1) is 24.0. The van der Waals surface area contributed by atoms with E-state index in [0.717, 1.165) is 25.9 Å². The van der Waals surface area contributed by atoms with Gasteiger partial charge in [-0.05, 0) is 44.2 Å². The van der Waals surface area contributed by atoms with Gasteiger partial charge in [-0.3, -0.25) is 19.7 Å². The molecule has 0 spiro atoms. The van der Waals surface area contributed by atoms with Crippen molar-refractivity contribution in [2.45, 2.75) is 25.3 Å². The molecular formula is C26H27FN8O3. The summed E-state index contributed by atoms with van der Waals surface area (Å²) in [5, 5.41) is 13.1. The molecule has 0 radical (unpaired) electrons. The number of piperazine rings is 1. The van der Waals surface area contributed by atoms with Crippen LogP contribution >= 0.6 is 0 Å². The number of halogens is 1. The Balaban J connectivity index is 1.29. The first-order valence-corrected chi connectivity index (χ1v) is 12.6. The summed E-state index contributed by atoms with van der Waals surface area (Å²) in [5.74, 6) is -0.517. The fourth-order valence-corrected chi connectivity index (χ4v) is 4.57. The van der Waals surface area contributed by atoms with E-state index in [1.807, 2.05) is 7.05 Å². The van der Waals surface area contributed by atoms with Gasteiger partial charge in [0.1, 0.15) is 17.5 Å². The number of fused-ring (bicyclic) bond motifs is 1. The number of nitrogens with zero attached hydrogens (tertiary/aromatic N) is 5. The molecule has 0 atom stereocenters. The molecule has 3 N–H and O–H groups in total. The highest BCUT2D eigenvalue weighted by Gasteiger charge is 2.26. The molecule has 0 unspecified atom stereocenters. The van der Waals surface area contributed by atoms with E-state index in [-0.39, 0.29) is 23.9 Å². The van der Waals surface area contributed by atoms with Gasteiger partial charge in [0.15, 0.2) is 5.65 Å². The minimum absolute atomic E-state index is 0.00823. The third-order valence-corrected chi connectivity index (χ3v) is 6.92. The third kappa shape index (κ3) is 4.82. The Morgan fingerprint density at radius 1 is 1.16 bits per heavy atom. The summed E-state index contributed by atoms with van der Waals surface area (Å²) in [6, 6.07) is 6.44. The molecule has 2 aromatic heterocycles. The molecule has 3 aliphatic rings. The Morgan fingerprint density at radius 2 is 1.95 bits per heavy atom. The molecule has 3 aromatic rings. The molecule has 1 saturated carbocycles. The average Bonchev–Trinajstić information content (AvgIpc) is 3.53. The van der Waals surface area contributed by atoms with Crippen molar-refractivity contribution in [2.24, 2.45) is 0 Å². The number of nitrogens with one attached hydrogen (secondary N) is 3. The van der Waals surface area contributed by atoms with Crippen LogP contribution in [0, 0.1) is 5.82 Å². The van der Waals surface area contributed by atoms with Crippen LogP contribution in [0.2, 0.25) is 0 Å². The highest BCUT2D eigenvalue weighted by atomic mass is 19.1. The SMILES string of the molecule is CN1CCN(C(=O)c2ccc(Nc3cc(NC4CC4)n4ncc(/C=C5\CC(=O)NC5=O)c4n3)c(F)c2)CC1. The molecule has 12 heteroatoms. The molecule has 3 fully saturated rings. The summed E-state index contributed by atoms with van der Waals surface area (Å²) >= 11 is 0. The number of rotatable bonds is 6. The number of carbonyl (C=O) groups excluding carboxylic acids is 3.